The lowest BCUT2D eigenvalue weighted by Gasteiger charge is -2.35. The number of ether oxygens (including phenoxy) is 1. The van der Waals surface area contributed by atoms with Gasteiger partial charge in [-0.1, -0.05) is 18.5 Å². The molecule has 2 aromatic rings. The molecule has 1 N–H and O–H groups in total. The average Bonchev–Trinajstić information content (AvgIpc) is 2.69. The highest BCUT2D eigenvalue weighted by Gasteiger charge is 2.18. The molecule has 0 unspecified atom stereocenters. The summed E-state index contributed by atoms with van der Waals surface area (Å²) in [5.41, 5.74) is 3.43. The molecule has 3 rings (SSSR count). The van der Waals surface area contributed by atoms with Gasteiger partial charge in [0.05, 0.1) is 12.7 Å². The molecule has 0 atom stereocenters. The van der Waals surface area contributed by atoms with Crippen LogP contribution in [0.4, 0.5) is 11.4 Å². The zero-order chi connectivity index (χ0) is 19.4. The van der Waals surface area contributed by atoms with Crippen LogP contribution in [0.1, 0.15) is 22.8 Å². The molecule has 6 heteroatoms. The number of carbonyl (C=O) groups is 1. The molecule has 0 aromatic heterocycles. The quantitative estimate of drug-likeness (QED) is 0.840. The van der Waals surface area contributed by atoms with Crippen molar-refractivity contribution in [2.75, 3.05) is 50.1 Å². The second-order valence-electron chi connectivity index (χ2n) is 6.72. The van der Waals surface area contributed by atoms with Gasteiger partial charge in [-0.25, -0.2) is 0 Å². The molecule has 0 radical (unpaired) electrons. The third-order valence-electron chi connectivity index (χ3n) is 5.05. The van der Waals surface area contributed by atoms with Crippen molar-refractivity contribution in [1.82, 2.24) is 4.90 Å². The van der Waals surface area contributed by atoms with Crippen LogP contribution in [0.25, 0.3) is 0 Å². The lowest BCUT2D eigenvalue weighted by atomic mass is 10.1. The molecule has 1 saturated heterocycles. The van der Waals surface area contributed by atoms with Gasteiger partial charge in [0.1, 0.15) is 5.75 Å². The molecule has 0 spiro atoms. The first-order chi connectivity index (χ1) is 13.0. The molecule has 27 heavy (non-hydrogen) atoms. The molecule has 5 nitrogen and oxygen atoms in total. The Balaban J connectivity index is 1.73. The van der Waals surface area contributed by atoms with Crippen LogP contribution in [0, 0.1) is 6.92 Å². The molecular weight excluding hydrogens is 362 g/mol. The lowest BCUT2D eigenvalue weighted by Crippen LogP contribution is -2.46. The summed E-state index contributed by atoms with van der Waals surface area (Å²) in [7, 11) is 1.54. The van der Waals surface area contributed by atoms with Crippen molar-refractivity contribution >= 4 is 28.9 Å². The van der Waals surface area contributed by atoms with Gasteiger partial charge in [-0.3, -0.25) is 4.79 Å². The van der Waals surface area contributed by atoms with E-state index in [2.05, 4.69) is 34.2 Å². The molecular formula is C21H26ClN3O2. The van der Waals surface area contributed by atoms with Crippen molar-refractivity contribution in [2.24, 2.45) is 0 Å². The number of nitrogens with one attached hydrogen (secondary N) is 1. The molecule has 2 aromatic carbocycles. The first-order valence-corrected chi connectivity index (χ1v) is 9.62. The molecule has 0 saturated carbocycles. The van der Waals surface area contributed by atoms with Crippen LogP contribution in [-0.4, -0.2) is 50.6 Å². The SMILES string of the molecule is CCN1CCN(c2ccc(NC(=O)c3cc(Cl)ccc3OC)c(C)c2)CC1. The summed E-state index contributed by atoms with van der Waals surface area (Å²) in [6.07, 6.45) is 0. The standard InChI is InChI=1S/C21H26ClN3O2/c1-4-24-9-11-25(12-10-24)17-6-7-19(15(2)13-17)23-21(26)18-14-16(22)5-8-20(18)27-3/h5-8,13-14H,4,9-12H2,1-3H3,(H,23,26). The number of rotatable bonds is 5. The zero-order valence-electron chi connectivity index (χ0n) is 16.1. The highest BCUT2D eigenvalue weighted by Crippen LogP contribution is 2.27. The Morgan fingerprint density at radius 1 is 1.15 bits per heavy atom. The van der Waals surface area contributed by atoms with Gasteiger partial charge in [0.15, 0.2) is 0 Å². The number of aryl methyl sites for hydroxylation is 1. The number of likely N-dealkylation sites (N-methyl/N-ethyl adjacent to an activating group) is 1. The van der Waals surface area contributed by atoms with Crippen molar-refractivity contribution in [3.63, 3.8) is 0 Å². The number of halogens is 1. The summed E-state index contributed by atoms with van der Waals surface area (Å²) >= 11 is 6.04. The largest absolute Gasteiger partial charge is 0.496 e. The molecule has 1 heterocycles. The fourth-order valence-electron chi connectivity index (χ4n) is 3.35. The number of methoxy groups -OCH3 is 1. The van der Waals surface area contributed by atoms with E-state index in [0.29, 0.717) is 16.3 Å². The van der Waals surface area contributed by atoms with Crippen LogP contribution in [0.2, 0.25) is 5.02 Å². The van der Waals surface area contributed by atoms with E-state index >= 15 is 0 Å². The minimum atomic E-state index is -0.234. The normalized spacial score (nSPS) is 14.9. The van der Waals surface area contributed by atoms with Crippen LogP contribution in [-0.2, 0) is 0 Å². The van der Waals surface area contributed by atoms with Gasteiger partial charge in [-0.15, -0.1) is 0 Å². The van der Waals surface area contributed by atoms with E-state index in [1.165, 1.54) is 5.69 Å². The van der Waals surface area contributed by atoms with Crippen molar-refractivity contribution in [3.05, 3.63) is 52.5 Å². The molecule has 0 aliphatic carbocycles. The highest BCUT2D eigenvalue weighted by molar-refractivity contribution is 6.31. The van der Waals surface area contributed by atoms with Crippen molar-refractivity contribution < 1.29 is 9.53 Å². The third kappa shape index (κ3) is 4.54. The monoisotopic (exact) mass is 387 g/mol. The molecule has 1 amide bonds. The Hall–Kier alpha value is -2.24. The van der Waals surface area contributed by atoms with Gasteiger partial charge >= 0.3 is 0 Å². The number of piperazine rings is 1. The summed E-state index contributed by atoms with van der Waals surface area (Å²) in [6.45, 7) is 9.54. The first-order valence-electron chi connectivity index (χ1n) is 9.24. The Kier molecular flexibility index (Phi) is 6.24. The number of anilines is 2. The average molecular weight is 388 g/mol. The van der Waals surface area contributed by atoms with E-state index in [9.17, 15) is 4.79 Å². The van der Waals surface area contributed by atoms with Gasteiger partial charge in [0, 0.05) is 42.6 Å². The summed E-state index contributed by atoms with van der Waals surface area (Å²) < 4.78 is 5.28. The number of benzene rings is 2. The van der Waals surface area contributed by atoms with E-state index in [4.69, 9.17) is 16.3 Å². The van der Waals surface area contributed by atoms with Gasteiger partial charge < -0.3 is 19.9 Å². The molecule has 1 aliphatic rings. The second-order valence-corrected chi connectivity index (χ2v) is 7.16. The maximum Gasteiger partial charge on any atom is 0.259 e. The second kappa shape index (κ2) is 8.63. The van der Waals surface area contributed by atoms with E-state index in [-0.39, 0.29) is 5.91 Å². The molecule has 0 bridgehead atoms. The molecule has 1 aliphatic heterocycles. The molecule has 1 fully saturated rings. The predicted octanol–water partition coefficient (Wildman–Crippen LogP) is 4.05. The summed E-state index contributed by atoms with van der Waals surface area (Å²) in [4.78, 5) is 17.5. The number of amides is 1. The van der Waals surface area contributed by atoms with Crippen molar-refractivity contribution in [1.29, 1.82) is 0 Å². The van der Waals surface area contributed by atoms with Crippen molar-refractivity contribution in [2.45, 2.75) is 13.8 Å². The van der Waals surface area contributed by atoms with E-state index < -0.39 is 0 Å². The first kappa shape index (κ1) is 19.5. The van der Waals surface area contributed by atoms with Crippen LogP contribution in [0.5, 0.6) is 5.75 Å². The van der Waals surface area contributed by atoms with Crippen LogP contribution < -0.4 is 15.0 Å². The minimum absolute atomic E-state index is 0.234. The highest BCUT2D eigenvalue weighted by atomic mass is 35.5. The lowest BCUT2D eigenvalue weighted by molar-refractivity contribution is 0.102. The zero-order valence-corrected chi connectivity index (χ0v) is 16.8. The maximum atomic E-state index is 12.7. The van der Waals surface area contributed by atoms with E-state index in [1.807, 2.05) is 13.0 Å². The van der Waals surface area contributed by atoms with Crippen LogP contribution >= 0.6 is 11.6 Å². The minimum Gasteiger partial charge on any atom is -0.496 e. The Morgan fingerprint density at radius 2 is 1.89 bits per heavy atom. The number of nitrogens with zero attached hydrogens (tertiary/aromatic N) is 2. The number of carbonyl (C=O) groups excluding carboxylic acids is 1. The van der Waals surface area contributed by atoms with E-state index in [0.717, 1.165) is 44.0 Å². The fourth-order valence-corrected chi connectivity index (χ4v) is 3.53. The van der Waals surface area contributed by atoms with E-state index in [1.54, 1.807) is 25.3 Å². The number of hydrogen-bond donors (Lipinski definition) is 1. The number of hydrogen-bond acceptors (Lipinski definition) is 4. The van der Waals surface area contributed by atoms with Crippen LogP contribution in [0.3, 0.4) is 0 Å². The Bertz CT molecular complexity index is 817. The predicted molar refractivity (Wildman–Crippen MR) is 111 cm³/mol. The summed E-state index contributed by atoms with van der Waals surface area (Å²) in [5.74, 6) is 0.265. The Labute approximate surface area is 165 Å². The van der Waals surface area contributed by atoms with Gasteiger partial charge in [0.25, 0.3) is 5.91 Å². The van der Waals surface area contributed by atoms with Gasteiger partial charge in [-0.2, -0.15) is 0 Å². The van der Waals surface area contributed by atoms with Crippen molar-refractivity contribution in [3.8, 4) is 5.75 Å². The van der Waals surface area contributed by atoms with Gasteiger partial charge in [-0.05, 0) is 55.4 Å². The maximum absolute atomic E-state index is 12.7. The smallest absolute Gasteiger partial charge is 0.259 e. The van der Waals surface area contributed by atoms with Crippen LogP contribution in [0.15, 0.2) is 36.4 Å². The Morgan fingerprint density at radius 3 is 2.52 bits per heavy atom. The summed E-state index contributed by atoms with van der Waals surface area (Å²) in [5, 5.41) is 3.47. The summed E-state index contributed by atoms with van der Waals surface area (Å²) in [6, 6.07) is 11.2. The topological polar surface area (TPSA) is 44.8 Å². The molecule has 144 valence electrons. The van der Waals surface area contributed by atoms with Gasteiger partial charge in [0.2, 0.25) is 0 Å². The fraction of sp³-hybridized carbons (Fsp3) is 0.381. The third-order valence-corrected chi connectivity index (χ3v) is 5.28.